The Morgan fingerprint density at radius 2 is 1.74 bits per heavy atom. The van der Waals surface area contributed by atoms with Crippen molar-refractivity contribution in [2.75, 3.05) is 0 Å². The highest BCUT2D eigenvalue weighted by Gasteiger charge is 2.17. The van der Waals surface area contributed by atoms with Gasteiger partial charge in [0.2, 0.25) is 0 Å². The number of nitro groups is 1. The molecule has 0 aliphatic heterocycles. The van der Waals surface area contributed by atoms with E-state index in [1.54, 1.807) is 24.3 Å². The van der Waals surface area contributed by atoms with Gasteiger partial charge in [0.25, 0.3) is 5.69 Å². The largest absolute Gasteiger partial charge is 0.507 e. The maximum atomic E-state index is 12.0. The summed E-state index contributed by atoms with van der Waals surface area (Å²) in [6.45, 7) is 0. The Labute approximate surface area is 109 Å². The number of Topliss-reactive ketones (excluding diaryl/α,β-unsaturated/α-hetero) is 1. The SMILES string of the molecule is O=C(Cc1ccccc1[N+](=O)[O-])c1ccccc1O. The number of carbonyl (C=O) groups is 1. The van der Waals surface area contributed by atoms with Crippen molar-refractivity contribution in [1.29, 1.82) is 0 Å². The summed E-state index contributed by atoms with van der Waals surface area (Å²) in [6.07, 6.45) is -0.116. The quantitative estimate of drug-likeness (QED) is 0.518. The van der Waals surface area contributed by atoms with Gasteiger partial charge in [-0.3, -0.25) is 14.9 Å². The summed E-state index contributed by atoms with van der Waals surface area (Å²) in [7, 11) is 0. The fourth-order valence-corrected chi connectivity index (χ4v) is 1.82. The molecule has 19 heavy (non-hydrogen) atoms. The second kappa shape index (κ2) is 5.30. The molecule has 0 heterocycles. The lowest BCUT2D eigenvalue weighted by atomic mass is 10.0. The number of benzene rings is 2. The lowest BCUT2D eigenvalue weighted by molar-refractivity contribution is -0.385. The summed E-state index contributed by atoms with van der Waals surface area (Å²) in [4.78, 5) is 22.4. The molecule has 0 spiro atoms. The van der Waals surface area contributed by atoms with Crippen molar-refractivity contribution in [2.24, 2.45) is 0 Å². The van der Waals surface area contributed by atoms with Crippen LogP contribution in [-0.2, 0) is 6.42 Å². The van der Waals surface area contributed by atoms with E-state index in [0.29, 0.717) is 5.56 Å². The second-order valence-electron chi connectivity index (χ2n) is 4.00. The molecule has 2 aromatic carbocycles. The highest BCUT2D eigenvalue weighted by molar-refractivity contribution is 6.00. The lowest BCUT2D eigenvalue weighted by Gasteiger charge is -2.04. The molecule has 2 aromatic rings. The number of phenols is 1. The minimum atomic E-state index is -0.520. The van der Waals surface area contributed by atoms with Crippen molar-refractivity contribution in [3.05, 3.63) is 69.8 Å². The average molecular weight is 257 g/mol. The Balaban J connectivity index is 2.30. The lowest BCUT2D eigenvalue weighted by Crippen LogP contribution is -2.06. The number of hydrogen-bond donors (Lipinski definition) is 1. The summed E-state index contributed by atoms with van der Waals surface area (Å²) in [6, 6.07) is 12.2. The molecule has 0 unspecified atom stereocenters. The van der Waals surface area contributed by atoms with Gasteiger partial charge in [-0.15, -0.1) is 0 Å². The summed E-state index contributed by atoms with van der Waals surface area (Å²) in [5.74, 6) is -0.474. The predicted octanol–water partition coefficient (Wildman–Crippen LogP) is 2.73. The molecule has 0 amide bonds. The molecular formula is C14H11NO4. The highest BCUT2D eigenvalue weighted by atomic mass is 16.6. The second-order valence-corrected chi connectivity index (χ2v) is 4.00. The summed E-state index contributed by atoms with van der Waals surface area (Å²) in [5.41, 5.74) is 0.410. The van der Waals surface area contributed by atoms with Gasteiger partial charge < -0.3 is 5.11 Å². The Hall–Kier alpha value is -2.69. The fraction of sp³-hybridized carbons (Fsp3) is 0.0714. The first kappa shape index (κ1) is 12.8. The van der Waals surface area contributed by atoms with Gasteiger partial charge in [0.05, 0.1) is 10.5 Å². The van der Waals surface area contributed by atoms with E-state index in [2.05, 4.69) is 0 Å². The first-order chi connectivity index (χ1) is 9.09. The molecule has 0 atom stereocenters. The molecule has 5 nitrogen and oxygen atoms in total. The maximum absolute atomic E-state index is 12.0. The Kier molecular flexibility index (Phi) is 3.56. The van der Waals surface area contributed by atoms with Crippen molar-refractivity contribution >= 4 is 11.5 Å². The normalized spacial score (nSPS) is 10.1. The third-order valence-electron chi connectivity index (χ3n) is 2.74. The third-order valence-corrected chi connectivity index (χ3v) is 2.74. The van der Waals surface area contributed by atoms with Gasteiger partial charge in [-0.25, -0.2) is 0 Å². The van der Waals surface area contributed by atoms with Crippen LogP contribution in [0.4, 0.5) is 5.69 Å². The van der Waals surface area contributed by atoms with Gasteiger partial charge in [-0.05, 0) is 12.1 Å². The van der Waals surface area contributed by atoms with Crippen LogP contribution in [0.25, 0.3) is 0 Å². The van der Waals surface area contributed by atoms with Crippen molar-refractivity contribution in [1.82, 2.24) is 0 Å². The Morgan fingerprint density at radius 1 is 1.11 bits per heavy atom. The average Bonchev–Trinajstić information content (AvgIpc) is 2.39. The molecule has 0 saturated carbocycles. The number of nitro benzene ring substituents is 1. The van der Waals surface area contributed by atoms with E-state index in [1.165, 1.54) is 24.3 Å². The van der Waals surface area contributed by atoms with Crippen molar-refractivity contribution in [3.63, 3.8) is 0 Å². The smallest absolute Gasteiger partial charge is 0.273 e. The molecule has 0 aliphatic rings. The van der Waals surface area contributed by atoms with Crippen LogP contribution in [0, 0.1) is 10.1 Å². The van der Waals surface area contributed by atoms with Crippen LogP contribution < -0.4 is 0 Å². The number of phenolic OH excluding ortho intramolecular Hbond substituents is 1. The van der Waals surface area contributed by atoms with Crippen molar-refractivity contribution < 1.29 is 14.8 Å². The third kappa shape index (κ3) is 2.77. The van der Waals surface area contributed by atoms with E-state index in [9.17, 15) is 20.0 Å². The van der Waals surface area contributed by atoms with E-state index in [4.69, 9.17) is 0 Å². The Morgan fingerprint density at radius 3 is 2.42 bits per heavy atom. The first-order valence-corrected chi connectivity index (χ1v) is 5.63. The predicted molar refractivity (Wildman–Crippen MR) is 69.2 cm³/mol. The molecule has 5 heteroatoms. The van der Waals surface area contributed by atoms with Gasteiger partial charge in [0, 0.05) is 18.1 Å². The zero-order valence-electron chi connectivity index (χ0n) is 9.95. The fourth-order valence-electron chi connectivity index (χ4n) is 1.82. The zero-order chi connectivity index (χ0) is 13.8. The molecule has 0 aromatic heterocycles. The molecule has 0 bridgehead atoms. The standard InChI is InChI=1S/C14H11NO4/c16-13-8-4-2-6-11(13)14(17)9-10-5-1-3-7-12(10)15(18)19/h1-8,16H,9H2. The number of nitrogens with zero attached hydrogens (tertiary/aromatic N) is 1. The summed E-state index contributed by atoms with van der Waals surface area (Å²) >= 11 is 0. The number of rotatable bonds is 4. The monoisotopic (exact) mass is 257 g/mol. The maximum Gasteiger partial charge on any atom is 0.273 e. The van der Waals surface area contributed by atoms with E-state index >= 15 is 0 Å². The van der Waals surface area contributed by atoms with Crippen molar-refractivity contribution in [2.45, 2.75) is 6.42 Å². The number of para-hydroxylation sites is 2. The minimum absolute atomic E-state index is 0.0914. The van der Waals surface area contributed by atoms with Crippen LogP contribution in [0.5, 0.6) is 5.75 Å². The molecule has 2 rings (SSSR count). The van der Waals surface area contributed by atoms with Gasteiger partial charge in [-0.1, -0.05) is 30.3 Å². The Bertz CT molecular complexity index is 637. The van der Waals surface area contributed by atoms with E-state index in [1.807, 2.05) is 0 Å². The first-order valence-electron chi connectivity index (χ1n) is 5.63. The van der Waals surface area contributed by atoms with E-state index in [0.717, 1.165) is 0 Å². The zero-order valence-corrected chi connectivity index (χ0v) is 9.95. The van der Waals surface area contributed by atoms with Crippen LogP contribution in [0.2, 0.25) is 0 Å². The van der Waals surface area contributed by atoms with Crippen LogP contribution in [-0.4, -0.2) is 15.8 Å². The minimum Gasteiger partial charge on any atom is -0.507 e. The topological polar surface area (TPSA) is 80.4 Å². The van der Waals surface area contributed by atoms with Crippen LogP contribution in [0.1, 0.15) is 15.9 Å². The number of hydrogen-bond acceptors (Lipinski definition) is 4. The van der Waals surface area contributed by atoms with Gasteiger partial charge in [0.1, 0.15) is 5.75 Å². The van der Waals surface area contributed by atoms with Crippen LogP contribution in [0.15, 0.2) is 48.5 Å². The van der Waals surface area contributed by atoms with Crippen LogP contribution in [0.3, 0.4) is 0 Å². The highest BCUT2D eigenvalue weighted by Crippen LogP contribution is 2.22. The van der Waals surface area contributed by atoms with Gasteiger partial charge >= 0.3 is 0 Å². The molecule has 0 fully saturated rings. The molecular weight excluding hydrogens is 246 g/mol. The summed E-state index contributed by atoms with van der Waals surface area (Å²) in [5, 5.41) is 20.4. The molecule has 0 aliphatic carbocycles. The number of ketones is 1. The van der Waals surface area contributed by atoms with Gasteiger partial charge in [-0.2, -0.15) is 0 Å². The van der Waals surface area contributed by atoms with E-state index in [-0.39, 0.29) is 29.2 Å². The van der Waals surface area contributed by atoms with Crippen molar-refractivity contribution in [3.8, 4) is 5.75 Å². The molecule has 0 radical (unpaired) electrons. The number of carbonyl (C=O) groups excluding carboxylic acids is 1. The summed E-state index contributed by atoms with van der Waals surface area (Å²) < 4.78 is 0. The molecule has 0 saturated heterocycles. The van der Waals surface area contributed by atoms with Crippen LogP contribution >= 0.6 is 0 Å². The van der Waals surface area contributed by atoms with E-state index < -0.39 is 4.92 Å². The molecule has 1 N–H and O–H groups in total. The number of aromatic hydroxyl groups is 1. The molecule has 96 valence electrons. The van der Waals surface area contributed by atoms with Gasteiger partial charge in [0.15, 0.2) is 5.78 Å².